The summed E-state index contributed by atoms with van der Waals surface area (Å²) in [7, 11) is -3.59. The Bertz CT molecular complexity index is 471. The molecule has 3 N–H and O–H groups in total. The molecular weight excluding hydrogens is 219 g/mol. The zero-order valence-electron chi connectivity index (χ0n) is 7.90. The standard InChI is InChI=1S/C9H11FN2O2S/c1-2-5-15(13,14)12-9-6-7(11)3-4-8(9)10/h2-4,6,12H,1,5,11H2. The number of benzene rings is 1. The molecule has 1 aromatic rings. The maximum atomic E-state index is 13.1. The number of nitrogens with one attached hydrogen (secondary N) is 1. The lowest BCUT2D eigenvalue weighted by molar-refractivity contribution is 0.601. The van der Waals surface area contributed by atoms with E-state index in [1.165, 1.54) is 18.2 Å². The number of sulfonamides is 1. The Morgan fingerprint density at radius 3 is 2.80 bits per heavy atom. The van der Waals surface area contributed by atoms with Crippen molar-refractivity contribution < 1.29 is 12.8 Å². The van der Waals surface area contributed by atoms with Gasteiger partial charge in [0.05, 0.1) is 11.4 Å². The molecule has 0 radical (unpaired) electrons. The first-order chi connectivity index (χ1) is 6.94. The van der Waals surface area contributed by atoms with Crippen LogP contribution in [0.1, 0.15) is 0 Å². The predicted octanol–water partition coefficient (Wildman–Crippen LogP) is 1.34. The first-order valence-corrected chi connectivity index (χ1v) is 5.76. The lowest BCUT2D eigenvalue weighted by Gasteiger charge is -2.07. The Balaban J connectivity index is 2.99. The molecule has 0 atom stereocenters. The van der Waals surface area contributed by atoms with Gasteiger partial charge >= 0.3 is 0 Å². The first kappa shape index (κ1) is 11.5. The van der Waals surface area contributed by atoms with Crippen molar-refractivity contribution >= 4 is 21.4 Å². The van der Waals surface area contributed by atoms with E-state index < -0.39 is 15.8 Å². The average Bonchev–Trinajstić information content (AvgIpc) is 2.10. The number of halogens is 1. The van der Waals surface area contributed by atoms with Crippen molar-refractivity contribution in [1.29, 1.82) is 0 Å². The number of hydrogen-bond acceptors (Lipinski definition) is 3. The molecule has 0 spiro atoms. The normalized spacial score (nSPS) is 11.0. The van der Waals surface area contributed by atoms with Crippen LogP contribution in [0.15, 0.2) is 30.9 Å². The van der Waals surface area contributed by atoms with Gasteiger partial charge in [-0.25, -0.2) is 12.8 Å². The molecule has 0 unspecified atom stereocenters. The van der Waals surface area contributed by atoms with Gasteiger partial charge in [0.15, 0.2) is 0 Å². The van der Waals surface area contributed by atoms with E-state index in [2.05, 4.69) is 11.3 Å². The number of rotatable bonds is 4. The van der Waals surface area contributed by atoms with Crippen LogP contribution in [0.5, 0.6) is 0 Å². The van der Waals surface area contributed by atoms with Crippen molar-refractivity contribution in [3.63, 3.8) is 0 Å². The van der Waals surface area contributed by atoms with Crippen LogP contribution < -0.4 is 10.5 Å². The van der Waals surface area contributed by atoms with Crippen molar-refractivity contribution in [2.24, 2.45) is 0 Å². The fourth-order valence-corrected chi connectivity index (χ4v) is 1.87. The summed E-state index contributed by atoms with van der Waals surface area (Å²) in [6.45, 7) is 3.29. The molecule has 1 rings (SSSR count). The van der Waals surface area contributed by atoms with Crippen LogP contribution in [-0.2, 0) is 10.0 Å². The van der Waals surface area contributed by atoms with Crippen LogP contribution in [0.2, 0.25) is 0 Å². The highest BCUT2D eigenvalue weighted by atomic mass is 32.2. The molecule has 0 aliphatic rings. The molecule has 6 heteroatoms. The van der Waals surface area contributed by atoms with Gasteiger partial charge in [0.1, 0.15) is 5.82 Å². The summed E-state index contributed by atoms with van der Waals surface area (Å²) in [4.78, 5) is 0. The zero-order valence-corrected chi connectivity index (χ0v) is 8.72. The monoisotopic (exact) mass is 230 g/mol. The highest BCUT2D eigenvalue weighted by Crippen LogP contribution is 2.18. The zero-order chi connectivity index (χ0) is 11.5. The minimum atomic E-state index is -3.59. The van der Waals surface area contributed by atoms with Crippen molar-refractivity contribution in [2.45, 2.75) is 0 Å². The molecular formula is C9H11FN2O2S. The summed E-state index contributed by atoms with van der Waals surface area (Å²) < 4.78 is 37.8. The third kappa shape index (κ3) is 3.25. The van der Waals surface area contributed by atoms with Crippen LogP contribution in [-0.4, -0.2) is 14.2 Å². The van der Waals surface area contributed by atoms with E-state index in [1.54, 1.807) is 0 Å². The van der Waals surface area contributed by atoms with Crippen molar-refractivity contribution in [3.05, 3.63) is 36.7 Å². The van der Waals surface area contributed by atoms with Gasteiger partial charge in [0.2, 0.25) is 10.0 Å². The van der Waals surface area contributed by atoms with Crippen LogP contribution >= 0.6 is 0 Å². The average molecular weight is 230 g/mol. The topological polar surface area (TPSA) is 72.2 Å². The van der Waals surface area contributed by atoms with Crippen molar-refractivity contribution in [2.75, 3.05) is 16.2 Å². The second-order valence-electron chi connectivity index (χ2n) is 2.91. The van der Waals surface area contributed by atoms with Gasteiger partial charge in [0.25, 0.3) is 0 Å². The van der Waals surface area contributed by atoms with Gasteiger partial charge < -0.3 is 5.73 Å². The number of hydrogen-bond donors (Lipinski definition) is 2. The Labute approximate surface area is 87.7 Å². The van der Waals surface area contributed by atoms with Gasteiger partial charge in [-0.2, -0.15) is 0 Å². The van der Waals surface area contributed by atoms with Crippen LogP contribution in [0.4, 0.5) is 15.8 Å². The van der Waals surface area contributed by atoms with Crippen LogP contribution in [0.3, 0.4) is 0 Å². The lowest BCUT2D eigenvalue weighted by Crippen LogP contribution is -2.16. The summed E-state index contributed by atoms with van der Waals surface area (Å²) >= 11 is 0. The number of anilines is 2. The summed E-state index contributed by atoms with van der Waals surface area (Å²) in [6, 6.07) is 3.66. The fourth-order valence-electron chi connectivity index (χ4n) is 0.985. The highest BCUT2D eigenvalue weighted by Gasteiger charge is 2.11. The van der Waals surface area contributed by atoms with Gasteiger partial charge in [-0.15, -0.1) is 6.58 Å². The minimum absolute atomic E-state index is 0.156. The van der Waals surface area contributed by atoms with E-state index >= 15 is 0 Å². The Kier molecular flexibility index (Phi) is 3.31. The third-order valence-corrected chi connectivity index (χ3v) is 2.80. The molecule has 0 heterocycles. The van der Waals surface area contributed by atoms with E-state index in [9.17, 15) is 12.8 Å². The molecule has 0 bridgehead atoms. The van der Waals surface area contributed by atoms with Crippen molar-refractivity contribution in [1.82, 2.24) is 0 Å². The van der Waals surface area contributed by atoms with E-state index in [0.29, 0.717) is 0 Å². The quantitative estimate of drug-likeness (QED) is 0.605. The molecule has 0 saturated heterocycles. The lowest BCUT2D eigenvalue weighted by atomic mass is 10.3. The molecule has 4 nitrogen and oxygen atoms in total. The van der Waals surface area contributed by atoms with Gasteiger partial charge in [-0.05, 0) is 18.2 Å². The number of nitrogen functional groups attached to an aromatic ring is 1. The van der Waals surface area contributed by atoms with Crippen LogP contribution in [0, 0.1) is 5.82 Å². The molecule has 0 aromatic heterocycles. The molecule has 1 aromatic carbocycles. The molecule has 82 valence electrons. The first-order valence-electron chi connectivity index (χ1n) is 4.11. The van der Waals surface area contributed by atoms with Crippen LogP contribution in [0.25, 0.3) is 0 Å². The second kappa shape index (κ2) is 4.31. The second-order valence-corrected chi connectivity index (χ2v) is 4.68. The predicted molar refractivity (Wildman–Crippen MR) is 58.4 cm³/mol. The third-order valence-electron chi connectivity index (χ3n) is 1.59. The molecule has 0 amide bonds. The minimum Gasteiger partial charge on any atom is -0.399 e. The SMILES string of the molecule is C=CCS(=O)(=O)Nc1cc(N)ccc1F. The molecule has 0 aliphatic carbocycles. The largest absolute Gasteiger partial charge is 0.399 e. The Morgan fingerprint density at radius 2 is 2.20 bits per heavy atom. The molecule has 0 fully saturated rings. The van der Waals surface area contributed by atoms with Gasteiger partial charge in [-0.3, -0.25) is 4.72 Å². The molecule has 15 heavy (non-hydrogen) atoms. The fraction of sp³-hybridized carbons (Fsp3) is 0.111. The van der Waals surface area contributed by atoms with E-state index in [0.717, 1.165) is 6.07 Å². The summed E-state index contributed by atoms with van der Waals surface area (Å²) in [5, 5.41) is 0. The summed E-state index contributed by atoms with van der Waals surface area (Å²) in [5.74, 6) is -0.946. The molecule has 0 aliphatic heterocycles. The maximum absolute atomic E-state index is 13.1. The van der Waals surface area contributed by atoms with E-state index in [1.807, 2.05) is 0 Å². The van der Waals surface area contributed by atoms with E-state index in [4.69, 9.17) is 5.73 Å². The van der Waals surface area contributed by atoms with Gasteiger partial charge in [-0.1, -0.05) is 6.08 Å². The molecule has 0 saturated carbocycles. The Hall–Kier alpha value is -1.56. The summed E-state index contributed by atoms with van der Waals surface area (Å²) in [5.41, 5.74) is 5.53. The van der Waals surface area contributed by atoms with Crippen molar-refractivity contribution in [3.8, 4) is 0 Å². The smallest absolute Gasteiger partial charge is 0.236 e. The summed E-state index contributed by atoms with van der Waals surface area (Å²) in [6.07, 6.45) is 1.21. The van der Waals surface area contributed by atoms with E-state index in [-0.39, 0.29) is 17.1 Å². The number of nitrogens with two attached hydrogens (primary N) is 1. The maximum Gasteiger partial charge on any atom is 0.236 e. The Morgan fingerprint density at radius 1 is 1.53 bits per heavy atom. The highest BCUT2D eigenvalue weighted by molar-refractivity contribution is 7.92. The van der Waals surface area contributed by atoms with Gasteiger partial charge in [0, 0.05) is 5.69 Å².